The Morgan fingerprint density at radius 1 is 1.31 bits per heavy atom. The first-order valence-corrected chi connectivity index (χ1v) is 5.71. The quantitative estimate of drug-likeness (QED) is 0.565. The molecule has 1 aromatic carbocycles. The first kappa shape index (κ1) is 12.9. The third-order valence-electron chi connectivity index (χ3n) is 2.35. The van der Waals surface area contributed by atoms with Crippen LogP contribution in [0.15, 0.2) is 42.0 Å². The summed E-state index contributed by atoms with van der Waals surface area (Å²) in [5.74, 6) is 0. The van der Waals surface area contributed by atoms with Gasteiger partial charge in [-0.25, -0.2) is 0 Å². The monoisotopic (exact) mass is 220 g/mol. The lowest BCUT2D eigenvalue weighted by molar-refractivity contribution is 0.119. The maximum Gasteiger partial charge on any atom is 0.0716 e. The van der Waals surface area contributed by atoms with Crippen LogP contribution in [0.3, 0.4) is 0 Å². The van der Waals surface area contributed by atoms with Crippen LogP contribution in [0.5, 0.6) is 0 Å². The van der Waals surface area contributed by atoms with Crippen molar-refractivity contribution in [1.29, 1.82) is 0 Å². The molecule has 0 spiro atoms. The summed E-state index contributed by atoms with van der Waals surface area (Å²) in [4.78, 5) is 0. The van der Waals surface area contributed by atoms with Crippen LogP contribution in [-0.2, 0) is 11.3 Å². The van der Waals surface area contributed by atoms with Gasteiger partial charge in [0.25, 0.3) is 0 Å². The molecule has 0 bridgehead atoms. The lowest BCUT2D eigenvalue weighted by Gasteiger charge is -2.03. The molecule has 0 saturated heterocycles. The van der Waals surface area contributed by atoms with Crippen molar-refractivity contribution in [3.63, 3.8) is 0 Å². The van der Waals surface area contributed by atoms with Gasteiger partial charge in [-0.3, -0.25) is 0 Å². The van der Waals surface area contributed by atoms with Gasteiger partial charge in [0.1, 0.15) is 0 Å². The number of ether oxygens (including phenoxy) is 1. The largest absolute Gasteiger partial charge is 0.392 e. The zero-order chi connectivity index (χ0) is 11.6. The summed E-state index contributed by atoms with van der Waals surface area (Å²) in [5, 5.41) is 8.79. The van der Waals surface area contributed by atoms with E-state index in [9.17, 15) is 0 Å². The molecule has 0 radical (unpaired) electrons. The summed E-state index contributed by atoms with van der Waals surface area (Å²) in [6, 6.07) is 10.2. The lowest BCUT2D eigenvalue weighted by Crippen LogP contribution is -1.95. The minimum absolute atomic E-state index is 0.158. The molecule has 0 saturated carbocycles. The topological polar surface area (TPSA) is 29.5 Å². The van der Waals surface area contributed by atoms with E-state index < -0.39 is 0 Å². The van der Waals surface area contributed by atoms with E-state index in [2.05, 4.69) is 18.2 Å². The highest BCUT2D eigenvalue weighted by molar-refractivity contribution is 5.13. The van der Waals surface area contributed by atoms with E-state index >= 15 is 0 Å². The molecule has 1 N–H and O–H groups in total. The van der Waals surface area contributed by atoms with Crippen molar-refractivity contribution in [2.45, 2.75) is 26.4 Å². The molecular formula is C14H20O2. The van der Waals surface area contributed by atoms with Gasteiger partial charge in [0.05, 0.1) is 13.2 Å². The molecule has 0 atom stereocenters. The molecule has 0 aliphatic heterocycles. The first-order chi connectivity index (χ1) is 7.83. The van der Waals surface area contributed by atoms with Crippen molar-refractivity contribution in [3.05, 3.63) is 47.5 Å². The average Bonchev–Trinajstić information content (AvgIpc) is 2.34. The van der Waals surface area contributed by atoms with Gasteiger partial charge in [-0.05, 0) is 25.3 Å². The summed E-state index contributed by atoms with van der Waals surface area (Å²) in [6.07, 6.45) is 4.04. The fourth-order valence-corrected chi connectivity index (χ4v) is 1.36. The molecule has 0 aliphatic carbocycles. The minimum Gasteiger partial charge on any atom is -0.392 e. The van der Waals surface area contributed by atoms with Gasteiger partial charge in [0.2, 0.25) is 0 Å². The third-order valence-corrected chi connectivity index (χ3v) is 2.35. The lowest BCUT2D eigenvalue weighted by atomic mass is 10.2. The average molecular weight is 220 g/mol. The Morgan fingerprint density at radius 2 is 2.06 bits per heavy atom. The molecule has 88 valence electrons. The number of allylic oxidation sites excluding steroid dienone is 1. The van der Waals surface area contributed by atoms with Gasteiger partial charge < -0.3 is 9.84 Å². The smallest absolute Gasteiger partial charge is 0.0716 e. The molecule has 0 amide bonds. The van der Waals surface area contributed by atoms with E-state index in [1.165, 1.54) is 5.56 Å². The van der Waals surface area contributed by atoms with E-state index in [-0.39, 0.29) is 6.61 Å². The predicted molar refractivity (Wildman–Crippen MR) is 66.2 cm³/mol. The number of aliphatic hydroxyl groups is 1. The SMILES string of the molecule is C/C(=C\CCCOCc1ccccc1)CO. The molecule has 0 heterocycles. The van der Waals surface area contributed by atoms with Crippen LogP contribution < -0.4 is 0 Å². The van der Waals surface area contributed by atoms with Crippen LogP contribution >= 0.6 is 0 Å². The molecule has 0 fully saturated rings. The van der Waals surface area contributed by atoms with Crippen LogP contribution in [0.25, 0.3) is 0 Å². The second-order valence-corrected chi connectivity index (χ2v) is 3.89. The fraction of sp³-hybridized carbons (Fsp3) is 0.429. The van der Waals surface area contributed by atoms with Gasteiger partial charge in [-0.2, -0.15) is 0 Å². The normalized spacial score (nSPS) is 11.8. The van der Waals surface area contributed by atoms with E-state index in [1.807, 2.05) is 25.1 Å². The molecule has 0 aromatic heterocycles. The highest BCUT2D eigenvalue weighted by Gasteiger charge is 1.91. The van der Waals surface area contributed by atoms with Crippen molar-refractivity contribution >= 4 is 0 Å². The van der Waals surface area contributed by atoms with Gasteiger partial charge in [-0.15, -0.1) is 0 Å². The number of hydrogen-bond donors (Lipinski definition) is 1. The van der Waals surface area contributed by atoms with E-state index in [0.29, 0.717) is 6.61 Å². The third kappa shape index (κ3) is 5.69. The van der Waals surface area contributed by atoms with E-state index in [4.69, 9.17) is 9.84 Å². The summed E-state index contributed by atoms with van der Waals surface area (Å²) in [6.45, 7) is 3.54. The highest BCUT2D eigenvalue weighted by Crippen LogP contribution is 2.02. The molecule has 1 rings (SSSR count). The molecule has 16 heavy (non-hydrogen) atoms. The Hall–Kier alpha value is -1.12. The molecule has 1 aromatic rings. The summed E-state index contributed by atoms with van der Waals surface area (Å²) >= 11 is 0. The van der Waals surface area contributed by atoms with Crippen molar-refractivity contribution in [2.75, 3.05) is 13.2 Å². The fourth-order valence-electron chi connectivity index (χ4n) is 1.36. The van der Waals surface area contributed by atoms with Crippen molar-refractivity contribution in [1.82, 2.24) is 0 Å². The van der Waals surface area contributed by atoms with Crippen LogP contribution in [0.2, 0.25) is 0 Å². The summed E-state index contributed by atoms with van der Waals surface area (Å²) in [5.41, 5.74) is 2.24. The summed E-state index contributed by atoms with van der Waals surface area (Å²) in [7, 11) is 0. The number of rotatable bonds is 7. The Kier molecular flexibility index (Phi) is 6.54. The Labute approximate surface area is 97.6 Å². The number of benzene rings is 1. The zero-order valence-electron chi connectivity index (χ0n) is 9.86. The number of unbranched alkanes of at least 4 members (excludes halogenated alkanes) is 1. The molecule has 2 heteroatoms. The van der Waals surface area contributed by atoms with Crippen molar-refractivity contribution in [2.24, 2.45) is 0 Å². The van der Waals surface area contributed by atoms with Gasteiger partial charge in [0, 0.05) is 6.61 Å². The minimum atomic E-state index is 0.158. The number of aliphatic hydroxyl groups excluding tert-OH is 1. The molecule has 0 unspecified atom stereocenters. The number of hydrogen-bond acceptors (Lipinski definition) is 2. The summed E-state index contributed by atoms with van der Waals surface area (Å²) < 4.78 is 5.54. The highest BCUT2D eigenvalue weighted by atomic mass is 16.5. The predicted octanol–water partition coefficient (Wildman–Crippen LogP) is 2.92. The molecule has 0 aliphatic rings. The van der Waals surface area contributed by atoms with Crippen molar-refractivity contribution < 1.29 is 9.84 Å². The van der Waals surface area contributed by atoms with Gasteiger partial charge in [-0.1, -0.05) is 42.0 Å². The molecular weight excluding hydrogens is 200 g/mol. The van der Waals surface area contributed by atoms with Crippen LogP contribution in [0.1, 0.15) is 25.3 Å². The van der Waals surface area contributed by atoms with Crippen LogP contribution in [0.4, 0.5) is 0 Å². The first-order valence-electron chi connectivity index (χ1n) is 5.71. The van der Waals surface area contributed by atoms with Crippen LogP contribution in [-0.4, -0.2) is 18.3 Å². The van der Waals surface area contributed by atoms with E-state index in [0.717, 1.165) is 25.0 Å². The maximum absolute atomic E-state index is 8.79. The Bertz CT molecular complexity index is 304. The van der Waals surface area contributed by atoms with Crippen molar-refractivity contribution in [3.8, 4) is 0 Å². The second kappa shape index (κ2) is 8.08. The van der Waals surface area contributed by atoms with Gasteiger partial charge in [0.15, 0.2) is 0 Å². The standard InChI is InChI=1S/C14H20O2/c1-13(11-15)7-5-6-10-16-12-14-8-3-2-4-9-14/h2-4,7-9,15H,5-6,10-12H2,1H3/b13-7+. The Balaban J connectivity index is 2.05. The van der Waals surface area contributed by atoms with Gasteiger partial charge >= 0.3 is 0 Å². The van der Waals surface area contributed by atoms with Crippen LogP contribution in [0, 0.1) is 0 Å². The zero-order valence-corrected chi connectivity index (χ0v) is 9.86. The second-order valence-electron chi connectivity index (χ2n) is 3.89. The maximum atomic E-state index is 8.79. The van der Waals surface area contributed by atoms with E-state index in [1.54, 1.807) is 0 Å². The Morgan fingerprint density at radius 3 is 2.75 bits per heavy atom. The molecule has 2 nitrogen and oxygen atoms in total.